The fourth-order valence-electron chi connectivity index (χ4n) is 3.30. The van der Waals surface area contributed by atoms with Crippen LogP contribution >= 0.6 is 0 Å². The summed E-state index contributed by atoms with van der Waals surface area (Å²) in [5.74, 6) is 1.06. The molecule has 1 fully saturated rings. The molecule has 31 heavy (non-hydrogen) atoms. The molecular weight excluding hydrogens is 418 g/mol. The first-order chi connectivity index (χ1) is 14.9. The minimum atomic E-state index is -2.27. The number of nitrogens with zero attached hydrogens (tertiary/aromatic N) is 4. The highest BCUT2D eigenvalue weighted by molar-refractivity contribution is 7.92. The number of ether oxygens (including phenoxy) is 3. The fraction of sp³-hybridized carbons (Fsp3) is 0.381. The Balaban J connectivity index is 1.67. The molecule has 1 aromatic carbocycles. The third-order valence-electron chi connectivity index (χ3n) is 4.53. The predicted molar refractivity (Wildman–Crippen MR) is 120 cm³/mol. The molecular formula is C21H25N5O4S. The van der Waals surface area contributed by atoms with Crippen LogP contribution in [-0.4, -0.2) is 64.2 Å². The maximum atomic E-state index is 12.1. The van der Waals surface area contributed by atoms with Gasteiger partial charge >= 0.3 is 0 Å². The molecule has 1 aliphatic rings. The molecule has 0 saturated carbocycles. The topological polar surface area (TPSA) is 108 Å². The molecule has 0 spiro atoms. The van der Waals surface area contributed by atoms with Gasteiger partial charge in [-0.25, -0.2) is 19.2 Å². The highest BCUT2D eigenvalue weighted by Crippen LogP contribution is 2.32. The summed E-state index contributed by atoms with van der Waals surface area (Å²) in [6, 6.07) is 7.38. The van der Waals surface area contributed by atoms with E-state index in [1.807, 2.05) is 31.2 Å². The van der Waals surface area contributed by atoms with Gasteiger partial charge < -0.3 is 19.5 Å². The molecule has 4 rings (SSSR count). The zero-order valence-corrected chi connectivity index (χ0v) is 18.5. The highest BCUT2D eigenvalue weighted by Gasteiger charge is 2.18. The molecule has 1 N–H and O–H groups in total. The van der Waals surface area contributed by atoms with Crippen molar-refractivity contribution in [1.82, 2.24) is 15.0 Å². The van der Waals surface area contributed by atoms with E-state index in [1.54, 1.807) is 18.7 Å². The number of pyridine rings is 1. The third kappa shape index (κ3) is 5.46. The summed E-state index contributed by atoms with van der Waals surface area (Å²) in [5.41, 5.74) is 2.92. The summed E-state index contributed by atoms with van der Waals surface area (Å²) in [6.45, 7) is 3.94. The van der Waals surface area contributed by atoms with E-state index in [4.69, 9.17) is 14.2 Å². The second-order valence-corrected chi connectivity index (χ2v) is 10.1. The molecule has 1 saturated heterocycles. The second kappa shape index (κ2) is 9.13. The Kier molecular flexibility index (Phi) is 6.30. The van der Waals surface area contributed by atoms with Crippen molar-refractivity contribution in [3.8, 4) is 5.88 Å². The van der Waals surface area contributed by atoms with Gasteiger partial charge in [-0.2, -0.15) is 4.36 Å². The molecule has 0 atom stereocenters. The minimum absolute atomic E-state index is 0.246. The van der Waals surface area contributed by atoms with Crippen LogP contribution in [0.4, 0.5) is 17.2 Å². The maximum Gasteiger partial charge on any atom is 0.238 e. The van der Waals surface area contributed by atoms with Crippen LogP contribution in [0.25, 0.3) is 10.9 Å². The molecule has 9 nitrogen and oxygen atoms in total. The SMILES string of the molecule is Cc1cc(N=S(C)(C)=O)cc2ncnc(Nc3cccnc3OC3COCCOC3)c12. The van der Waals surface area contributed by atoms with Crippen molar-refractivity contribution in [3.63, 3.8) is 0 Å². The van der Waals surface area contributed by atoms with Crippen LogP contribution in [0.2, 0.25) is 0 Å². The van der Waals surface area contributed by atoms with E-state index < -0.39 is 9.73 Å². The van der Waals surface area contributed by atoms with Crippen molar-refractivity contribution >= 4 is 37.8 Å². The lowest BCUT2D eigenvalue weighted by atomic mass is 10.1. The van der Waals surface area contributed by atoms with Crippen molar-refractivity contribution in [2.24, 2.45) is 4.36 Å². The van der Waals surface area contributed by atoms with Gasteiger partial charge in [0.1, 0.15) is 23.9 Å². The van der Waals surface area contributed by atoms with Gasteiger partial charge in [-0.05, 0) is 36.8 Å². The summed E-state index contributed by atoms with van der Waals surface area (Å²) in [5, 5.41) is 4.17. The Morgan fingerprint density at radius 1 is 1.16 bits per heavy atom. The molecule has 10 heteroatoms. The average Bonchev–Trinajstić information content (AvgIpc) is 2.97. The quantitative estimate of drug-likeness (QED) is 0.640. The Bertz CT molecular complexity index is 1190. The van der Waals surface area contributed by atoms with Gasteiger partial charge in [0, 0.05) is 33.8 Å². The molecule has 1 aliphatic heterocycles. The average molecular weight is 444 g/mol. The molecule has 0 amide bonds. The highest BCUT2D eigenvalue weighted by atomic mass is 32.2. The van der Waals surface area contributed by atoms with Crippen LogP contribution in [0.3, 0.4) is 0 Å². The van der Waals surface area contributed by atoms with Crippen molar-refractivity contribution < 1.29 is 18.4 Å². The van der Waals surface area contributed by atoms with E-state index in [0.29, 0.717) is 55.0 Å². The number of aromatic nitrogens is 3. The van der Waals surface area contributed by atoms with Crippen LogP contribution in [0.5, 0.6) is 5.88 Å². The summed E-state index contributed by atoms with van der Waals surface area (Å²) in [4.78, 5) is 13.2. The van der Waals surface area contributed by atoms with Gasteiger partial charge in [-0.1, -0.05) is 0 Å². The first kappa shape index (κ1) is 21.4. The zero-order valence-electron chi connectivity index (χ0n) is 17.7. The van der Waals surface area contributed by atoms with E-state index in [2.05, 4.69) is 24.6 Å². The minimum Gasteiger partial charge on any atom is -0.468 e. The van der Waals surface area contributed by atoms with Crippen LogP contribution in [0.1, 0.15) is 5.56 Å². The van der Waals surface area contributed by atoms with Crippen molar-refractivity contribution in [2.45, 2.75) is 13.0 Å². The summed E-state index contributed by atoms with van der Waals surface area (Å²) < 4.78 is 33.4. The zero-order chi connectivity index (χ0) is 21.8. The molecule has 3 heterocycles. The molecule has 0 aliphatic carbocycles. The summed E-state index contributed by atoms with van der Waals surface area (Å²) in [7, 11) is -2.27. The Morgan fingerprint density at radius 3 is 2.68 bits per heavy atom. The van der Waals surface area contributed by atoms with E-state index in [0.717, 1.165) is 10.9 Å². The van der Waals surface area contributed by atoms with Gasteiger partial charge in [0.2, 0.25) is 5.88 Å². The van der Waals surface area contributed by atoms with Crippen LogP contribution in [0, 0.1) is 6.92 Å². The van der Waals surface area contributed by atoms with Crippen LogP contribution < -0.4 is 10.1 Å². The maximum absolute atomic E-state index is 12.1. The van der Waals surface area contributed by atoms with E-state index in [9.17, 15) is 4.21 Å². The fourth-order valence-corrected chi connectivity index (χ4v) is 3.92. The van der Waals surface area contributed by atoms with E-state index in [-0.39, 0.29) is 6.10 Å². The summed E-state index contributed by atoms with van der Waals surface area (Å²) in [6.07, 6.45) is 6.11. The molecule has 164 valence electrons. The smallest absolute Gasteiger partial charge is 0.238 e. The lowest BCUT2D eigenvalue weighted by molar-refractivity contribution is 0.0573. The van der Waals surface area contributed by atoms with Crippen molar-refractivity contribution in [3.05, 3.63) is 42.4 Å². The standard InChI is InChI=1S/C21H25N5O4S/c1-14-9-15(26-31(2,3)27)10-18-19(14)20(24-13-23-18)25-17-5-4-6-22-21(17)30-16-11-28-7-8-29-12-16/h4-6,9-10,13,16H,7-8,11-12H2,1-3H3,(H,23,24,25). The van der Waals surface area contributed by atoms with Crippen LogP contribution in [0.15, 0.2) is 41.2 Å². The monoisotopic (exact) mass is 443 g/mol. The predicted octanol–water partition coefficient (Wildman–Crippen LogP) is 3.23. The largest absolute Gasteiger partial charge is 0.468 e. The lowest BCUT2D eigenvalue weighted by Gasteiger charge is -2.18. The van der Waals surface area contributed by atoms with Gasteiger partial charge in [-0.3, -0.25) is 0 Å². The third-order valence-corrected chi connectivity index (χ3v) is 5.18. The number of rotatable bonds is 5. The molecule has 0 bridgehead atoms. The van der Waals surface area contributed by atoms with Crippen LogP contribution in [-0.2, 0) is 19.2 Å². The Morgan fingerprint density at radius 2 is 1.94 bits per heavy atom. The number of fused-ring (bicyclic) bond motifs is 1. The lowest BCUT2D eigenvalue weighted by Crippen LogP contribution is -2.26. The first-order valence-corrected chi connectivity index (χ1v) is 12.2. The number of anilines is 2. The number of hydrogen-bond donors (Lipinski definition) is 1. The van der Waals surface area contributed by atoms with Gasteiger partial charge in [0.05, 0.1) is 37.6 Å². The van der Waals surface area contributed by atoms with Gasteiger partial charge in [-0.15, -0.1) is 0 Å². The Labute approximate surface area is 181 Å². The number of hydrogen-bond acceptors (Lipinski definition) is 9. The second-order valence-electron chi connectivity index (χ2n) is 7.52. The normalized spacial score (nSPS) is 15.5. The molecule has 3 aromatic rings. The van der Waals surface area contributed by atoms with Gasteiger partial charge in [0.25, 0.3) is 0 Å². The molecule has 2 aromatic heterocycles. The number of aryl methyl sites for hydroxylation is 1. The molecule has 0 radical (unpaired) electrons. The Hall–Kier alpha value is -2.82. The van der Waals surface area contributed by atoms with Gasteiger partial charge in [0.15, 0.2) is 0 Å². The van der Waals surface area contributed by atoms with E-state index >= 15 is 0 Å². The number of nitrogens with one attached hydrogen (secondary N) is 1. The van der Waals surface area contributed by atoms with Crippen molar-refractivity contribution in [2.75, 3.05) is 44.3 Å². The van der Waals surface area contributed by atoms with Crippen molar-refractivity contribution in [1.29, 1.82) is 0 Å². The van der Waals surface area contributed by atoms with E-state index in [1.165, 1.54) is 6.33 Å². The summed E-state index contributed by atoms with van der Waals surface area (Å²) >= 11 is 0. The first-order valence-electron chi connectivity index (χ1n) is 9.86. The molecule has 0 unspecified atom stereocenters. The number of benzene rings is 1.